The van der Waals surface area contributed by atoms with Crippen LogP contribution in [0.2, 0.25) is 0 Å². The molecule has 0 bridgehead atoms. The van der Waals surface area contributed by atoms with Crippen molar-refractivity contribution in [3.63, 3.8) is 0 Å². The van der Waals surface area contributed by atoms with Crippen LogP contribution >= 0.6 is 0 Å². The molecule has 0 aromatic heterocycles. The first kappa shape index (κ1) is 24.8. The van der Waals surface area contributed by atoms with E-state index in [0.717, 1.165) is 12.8 Å². The Hall–Kier alpha value is -3.35. The number of alkyl carbamates (subject to hydrolysis) is 1. The van der Waals surface area contributed by atoms with Gasteiger partial charge in [-0.2, -0.15) is 0 Å². The second kappa shape index (κ2) is 10.9. The molecule has 0 heterocycles. The smallest absolute Gasteiger partial charge is 0.407 e. The summed E-state index contributed by atoms with van der Waals surface area (Å²) in [5.74, 6) is -0.949. The van der Waals surface area contributed by atoms with E-state index in [9.17, 15) is 19.5 Å². The molecule has 2 aromatic carbocycles. The molecular formula is C28H34N2O5. The van der Waals surface area contributed by atoms with Crippen LogP contribution in [0.1, 0.15) is 63.0 Å². The van der Waals surface area contributed by atoms with E-state index in [1.807, 2.05) is 38.1 Å². The van der Waals surface area contributed by atoms with Crippen molar-refractivity contribution in [2.24, 2.45) is 11.8 Å². The first-order valence-electron chi connectivity index (χ1n) is 12.5. The van der Waals surface area contributed by atoms with Crippen LogP contribution in [0.5, 0.6) is 0 Å². The quantitative estimate of drug-likeness (QED) is 0.485. The van der Waals surface area contributed by atoms with Crippen LogP contribution in [0.4, 0.5) is 4.79 Å². The number of rotatable bonds is 9. The first-order valence-corrected chi connectivity index (χ1v) is 12.5. The summed E-state index contributed by atoms with van der Waals surface area (Å²) in [6.07, 6.45) is 2.49. The Bertz CT molecular complexity index is 1040. The van der Waals surface area contributed by atoms with E-state index >= 15 is 0 Å². The summed E-state index contributed by atoms with van der Waals surface area (Å²) in [5.41, 5.74) is 4.72. The predicted octanol–water partition coefficient (Wildman–Crippen LogP) is 4.70. The van der Waals surface area contributed by atoms with Gasteiger partial charge in [-0.05, 0) is 59.8 Å². The number of nitrogens with one attached hydrogen (secondary N) is 2. The molecule has 0 unspecified atom stereocenters. The third-order valence-electron chi connectivity index (χ3n) is 7.02. The molecule has 1 fully saturated rings. The molecular weight excluding hydrogens is 444 g/mol. The lowest BCUT2D eigenvalue weighted by atomic mass is 9.98. The van der Waals surface area contributed by atoms with Crippen molar-refractivity contribution >= 4 is 18.0 Å². The number of carboxylic acid groups (broad SMARTS) is 1. The fourth-order valence-corrected chi connectivity index (χ4v) is 5.41. The van der Waals surface area contributed by atoms with Crippen molar-refractivity contribution in [1.82, 2.24) is 10.6 Å². The van der Waals surface area contributed by atoms with Crippen LogP contribution in [0.15, 0.2) is 48.5 Å². The second-order valence-electron chi connectivity index (χ2n) is 10.1. The molecule has 186 valence electrons. The highest BCUT2D eigenvalue weighted by Crippen LogP contribution is 2.44. The predicted molar refractivity (Wildman–Crippen MR) is 133 cm³/mol. The highest BCUT2D eigenvalue weighted by Gasteiger charge is 2.31. The molecule has 0 aliphatic heterocycles. The molecule has 3 atom stereocenters. The maximum Gasteiger partial charge on any atom is 0.407 e. The Labute approximate surface area is 206 Å². The number of ether oxygens (including phenoxy) is 1. The number of carboxylic acids is 1. The Balaban J connectivity index is 1.24. The highest BCUT2D eigenvalue weighted by atomic mass is 16.5. The summed E-state index contributed by atoms with van der Waals surface area (Å²) >= 11 is 0. The number of amides is 2. The zero-order valence-corrected chi connectivity index (χ0v) is 20.3. The van der Waals surface area contributed by atoms with Gasteiger partial charge in [0.2, 0.25) is 5.91 Å². The van der Waals surface area contributed by atoms with E-state index in [1.165, 1.54) is 22.3 Å². The molecule has 2 amide bonds. The topological polar surface area (TPSA) is 105 Å². The molecule has 0 saturated heterocycles. The van der Waals surface area contributed by atoms with Crippen LogP contribution in [0.3, 0.4) is 0 Å². The monoisotopic (exact) mass is 478 g/mol. The lowest BCUT2D eigenvalue weighted by Gasteiger charge is -2.18. The Kier molecular flexibility index (Phi) is 7.73. The third kappa shape index (κ3) is 6.02. The SMILES string of the molecule is CC(C)C[C@@H](NC(=O)C[C@@H]1CC[C@H](NC(=O)OCC2c3ccccc3-c3ccccc32)C1)C(=O)O. The van der Waals surface area contributed by atoms with Gasteiger partial charge in [0, 0.05) is 18.4 Å². The average molecular weight is 479 g/mol. The van der Waals surface area contributed by atoms with E-state index in [4.69, 9.17) is 4.74 Å². The minimum Gasteiger partial charge on any atom is -0.480 e. The molecule has 7 heteroatoms. The molecule has 2 aliphatic carbocycles. The molecule has 35 heavy (non-hydrogen) atoms. The van der Waals surface area contributed by atoms with Gasteiger partial charge in [-0.25, -0.2) is 9.59 Å². The summed E-state index contributed by atoms with van der Waals surface area (Å²) in [6.45, 7) is 4.13. The zero-order chi connectivity index (χ0) is 24.9. The van der Waals surface area contributed by atoms with Gasteiger partial charge in [0.25, 0.3) is 0 Å². The molecule has 0 radical (unpaired) electrons. The molecule has 4 rings (SSSR count). The van der Waals surface area contributed by atoms with Crippen molar-refractivity contribution in [3.05, 3.63) is 59.7 Å². The van der Waals surface area contributed by atoms with Gasteiger partial charge >= 0.3 is 12.1 Å². The second-order valence-corrected chi connectivity index (χ2v) is 10.1. The standard InChI is InChI=1S/C28H34N2O5/c1-17(2)13-25(27(32)33)30-26(31)15-18-11-12-19(14-18)29-28(34)35-16-24-22-9-5-3-7-20(22)21-8-4-6-10-23(21)24/h3-10,17-19,24-25H,11-16H2,1-2H3,(H,29,34)(H,30,31)(H,32,33)/t18-,19+,25-/m1/s1. The maximum absolute atomic E-state index is 12.6. The molecule has 0 spiro atoms. The largest absolute Gasteiger partial charge is 0.480 e. The number of hydrogen-bond donors (Lipinski definition) is 3. The van der Waals surface area contributed by atoms with Crippen LogP contribution < -0.4 is 10.6 Å². The van der Waals surface area contributed by atoms with Crippen molar-refractivity contribution in [1.29, 1.82) is 0 Å². The van der Waals surface area contributed by atoms with Crippen molar-refractivity contribution in [3.8, 4) is 11.1 Å². The summed E-state index contributed by atoms with van der Waals surface area (Å²) in [5, 5.41) is 14.9. The van der Waals surface area contributed by atoms with E-state index in [0.29, 0.717) is 12.8 Å². The summed E-state index contributed by atoms with van der Waals surface area (Å²) in [6, 6.07) is 15.5. The first-order chi connectivity index (χ1) is 16.8. The lowest BCUT2D eigenvalue weighted by Crippen LogP contribution is -2.42. The van der Waals surface area contributed by atoms with Crippen LogP contribution in [0, 0.1) is 11.8 Å². The van der Waals surface area contributed by atoms with Crippen LogP contribution in [-0.2, 0) is 14.3 Å². The fourth-order valence-electron chi connectivity index (χ4n) is 5.41. The molecule has 1 saturated carbocycles. The van der Waals surface area contributed by atoms with Gasteiger partial charge in [-0.3, -0.25) is 4.79 Å². The van der Waals surface area contributed by atoms with Crippen LogP contribution in [-0.4, -0.2) is 41.8 Å². The van der Waals surface area contributed by atoms with Crippen molar-refractivity contribution in [2.45, 2.75) is 64.0 Å². The van der Waals surface area contributed by atoms with E-state index in [2.05, 4.69) is 34.9 Å². The van der Waals surface area contributed by atoms with Crippen molar-refractivity contribution < 1.29 is 24.2 Å². The number of carbonyl (C=O) groups excluding carboxylic acids is 2. The van der Waals surface area contributed by atoms with Crippen molar-refractivity contribution in [2.75, 3.05) is 6.61 Å². The van der Waals surface area contributed by atoms with Gasteiger partial charge in [-0.15, -0.1) is 0 Å². The maximum atomic E-state index is 12.6. The third-order valence-corrected chi connectivity index (χ3v) is 7.02. The Morgan fingerprint density at radius 1 is 1.00 bits per heavy atom. The van der Waals surface area contributed by atoms with Gasteiger partial charge in [-0.1, -0.05) is 62.4 Å². The number of aliphatic carboxylic acids is 1. The normalized spacial score (nSPS) is 19.6. The molecule has 2 aliphatic rings. The van der Waals surface area contributed by atoms with Gasteiger partial charge < -0.3 is 20.5 Å². The fraction of sp³-hybridized carbons (Fsp3) is 0.464. The number of benzene rings is 2. The summed E-state index contributed by atoms with van der Waals surface area (Å²) in [4.78, 5) is 36.3. The molecule has 3 N–H and O–H groups in total. The number of carbonyl (C=O) groups is 3. The average Bonchev–Trinajstić information content (AvgIpc) is 3.38. The zero-order valence-electron chi connectivity index (χ0n) is 20.3. The Morgan fingerprint density at radius 2 is 1.63 bits per heavy atom. The minimum absolute atomic E-state index is 0.0150. The summed E-state index contributed by atoms with van der Waals surface area (Å²) < 4.78 is 5.64. The van der Waals surface area contributed by atoms with E-state index < -0.39 is 18.1 Å². The Morgan fingerprint density at radius 3 is 2.23 bits per heavy atom. The van der Waals surface area contributed by atoms with E-state index in [-0.39, 0.29) is 42.7 Å². The molecule has 2 aromatic rings. The number of hydrogen-bond acceptors (Lipinski definition) is 4. The molecule has 7 nitrogen and oxygen atoms in total. The minimum atomic E-state index is -1.01. The van der Waals surface area contributed by atoms with E-state index in [1.54, 1.807) is 0 Å². The van der Waals surface area contributed by atoms with Crippen LogP contribution in [0.25, 0.3) is 11.1 Å². The van der Waals surface area contributed by atoms with Gasteiger partial charge in [0.1, 0.15) is 12.6 Å². The lowest BCUT2D eigenvalue weighted by molar-refractivity contribution is -0.142. The summed E-state index contributed by atoms with van der Waals surface area (Å²) in [7, 11) is 0. The number of fused-ring (bicyclic) bond motifs is 3. The highest BCUT2D eigenvalue weighted by molar-refractivity contribution is 5.83. The van der Waals surface area contributed by atoms with Gasteiger partial charge in [0.15, 0.2) is 0 Å². The van der Waals surface area contributed by atoms with Gasteiger partial charge in [0.05, 0.1) is 0 Å².